The Morgan fingerprint density at radius 3 is 2.41 bits per heavy atom. The zero-order chi connectivity index (χ0) is 15.4. The van der Waals surface area contributed by atoms with E-state index in [-0.39, 0.29) is 5.03 Å². The molecule has 0 bridgehead atoms. The van der Waals surface area contributed by atoms with E-state index < -0.39 is 10.0 Å². The second kappa shape index (κ2) is 6.33. The molecule has 1 fully saturated rings. The fourth-order valence-electron chi connectivity index (χ4n) is 2.36. The van der Waals surface area contributed by atoms with Gasteiger partial charge in [-0.15, -0.1) is 0 Å². The first kappa shape index (κ1) is 14.8. The summed E-state index contributed by atoms with van der Waals surface area (Å²) in [4.78, 5) is 6.29. The number of aromatic nitrogens is 1. The van der Waals surface area contributed by atoms with Crippen molar-refractivity contribution in [1.82, 2.24) is 10.3 Å². The minimum absolute atomic E-state index is 0.0234. The zero-order valence-electron chi connectivity index (χ0n) is 12.1. The molecule has 1 aromatic heterocycles. The lowest BCUT2D eigenvalue weighted by molar-refractivity contribution is 0.587. The van der Waals surface area contributed by atoms with Crippen molar-refractivity contribution in [2.45, 2.75) is 5.03 Å². The van der Waals surface area contributed by atoms with Gasteiger partial charge < -0.3 is 10.2 Å². The van der Waals surface area contributed by atoms with Crippen molar-refractivity contribution in [2.24, 2.45) is 0 Å². The van der Waals surface area contributed by atoms with E-state index in [0.29, 0.717) is 5.69 Å². The highest BCUT2D eigenvalue weighted by Crippen LogP contribution is 2.18. The second-order valence-corrected chi connectivity index (χ2v) is 6.69. The largest absolute Gasteiger partial charge is 0.368 e. The zero-order valence-corrected chi connectivity index (χ0v) is 12.9. The van der Waals surface area contributed by atoms with Gasteiger partial charge in [-0.05, 0) is 24.3 Å². The van der Waals surface area contributed by atoms with Crippen LogP contribution in [0.1, 0.15) is 0 Å². The summed E-state index contributed by atoms with van der Waals surface area (Å²) in [6.07, 6.45) is 1.62. The molecule has 22 heavy (non-hydrogen) atoms. The maximum atomic E-state index is 12.3. The van der Waals surface area contributed by atoms with E-state index in [0.717, 1.165) is 31.9 Å². The molecular weight excluding hydrogens is 300 g/mol. The number of sulfonamides is 1. The first-order valence-corrected chi connectivity index (χ1v) is 8.63. The number of rotatable bonds is 4. The van der Waals surface area contributed by atoms with Crippen LogP contribution in [0, 0.1) is 0 Å². The summed E-state index contributed by atoms with van der Waals surface area (Å²) in [7, 11) is -3.65. The molecule has 3 rings (SSSR count). The maximum Gasteiger partial charge on any atom is 0.279 e. The van der Waals surface area contributed by atoms with E-state index in [9.17, 15) is 8.42 Å². The number of piperazine rings is 1. The van der Waals surface area contributed by atoms with Crippen molar-refractivity contribution in [3.63, 3.8) is 0 Å². The van der Waals surface area contributed by atoms with E-state index in [4.69, 9.17) is 0 Å². The molecule has 0 aliphatic carbocycles. The quantitative estimate of drug-likeness (QED) is 0.889. The number of nitrogens with one attached hydrogen (secondary N) is 2. The number of hydrogen-bond donors (Lipinski definition) is 2. The molecule has 2 aromatic rings. The molecule has 7 heteroatoms. The Morgan fingerprint density at radius 2 is 1.77 bits per heavy atom. The molecule has 6 nitrogen and oxygen atoms in total. The number of para-hydroxylation sites is 1. The van der Waals surface area contributed by atoms with E-state index in [1.165, 1.54) is 0 Å². The minimum Gasteiger partial charge on any atom is -0.368 e. The minimum atomic E-state index is -3.65. The number of hydrogen-bond acceptors (Lipinski definition) is 5. The summed E-state index contributed by atoms with van der Waals surface area (Å²) in [6.45, 7) is 3.65. The SMILES string of the molecule is O=S(=O)(Nc1ccccc1)c1ccc(N2CCNCC2)cn1. The van der Waals surface area contributed by atoms with Crippen LogP contribution in [-0.4, -0.2) is 39.6 Å². The molecule has 1 aliphatic heterocycles. The molecule has 2 N–H and O–H groups in total. The molecule has 0 radical (unpaired) electrons. The monoisotopic (exact) mass is 318 g/mol. The molecule has 0 unspecified atom stereocenters. The molecule has 2 heterocycles. The van der Waals surface area contributed by atoms with Crippen molar-refractivity contribution in [3.05, 3.63) is 48.7 Å². The van der Waals surface area contributed by atoms with Crippen LogP contribution < -0.4 is 14.9 Å². The molecular formula is C15H18N4O2S. The Hall–Kier alpha value is -2.12. The smallest absolute Gasteiger partial charge is 0.279 e. The third kappa shape index (κ3) is 3.37. The standard InChI is InChI=1S/C15H18N4O2S/c20-22(21,18-13-4-2-1-3-5-13)15-7-6-14(12-17-15)19-10-8-16-9-11-19/h1-7,12,16,18H,8-11H2. The lowest BCUT2D eigenvalue weighted by Crippen LogP contribution is -2.43. The van der Waals surface area contributed by atoms with Gasteiger partial charge in [0.15, 0.2) is 5.03 Å². The van der Waals surface area contributed by atoms with E-state index in [2.05, 4.69) is 19.9 Å². The van der Waals surface area contributed by atoms with Crippen LogP contribution in [0.25, 0.3) is 0 Å². The third-order valence-corrected chi connectivity index (χ3v) is 4.80. The van der Waals surface area contributed by atoms with Crippen LogP contribution in [0.4, 0.5) is 11.4 Å². The van der Waals surface area contributed by atoms with Gasteiger partial charge in [0.2, 0.25) is 0 Å². The third-order valence-electron chi connectivity index (χ3n) is 3.50. The van der Waals surface area contributed by atoms with Gasteiger partial charge in [-0.2, -0.15) is 8.42 Å². The van der Waals surface area contributed by atoms with Crippen molar-refractivity contribution < 1.29 is 8.42 Å². The van der Waals surface area contributed by atoms with Gasteiger partial charge in [0.25, 0.3) is 10.0 Å². The summed E-state index contributed by atoms with van der Waals surface area (Å²) in [6, 6.07) is 12.1. The Labute approximate surface area is 130 Å². The highest BCUT2D eigenvalue weighted by molar-refractivity contribution is 7.92. The maximum absolute atomic E-state index is 12.3. The van der Waals surface area contributed by atoms with E-state index >= 15 is 0 Å². The number of nitrogens with zero attached hydrogens (tertiary/aromatic N) is 2. The van der Waals surface area contributed by atoms with Crippen LogP contribution in [-0.2, 0) is 10.0 Å². The Kier molecular flexibility index (Phi) is 4.26. The predicted molar refractivity (Wildman–Crippen MR) is 86.6 cm³/mol. The molecule has 0 amide bonds. The van der Waals surface area contributed by atoms with Crippen LogP contribution in [0.5, 0.6) is 0 Å². The normalized spacial score (nSPS) is 15.5. The molecule has 1 aromatic carbocycles. The number of pyridine rings is 1. The molecule has 116 valence electrons. The Bertz CT molecular complexity index is 711. The summed E-state index contributed by atoms with van der Waals surface area (Å²) >= 11 is 0. The van der Waals surface area contributed by atoms with Gasteiger partial charge in [0.05, 0.1) is 11.9 Å². The van der Waals surface area contributed by atoms with Crippen LogP contribution >= 0.6 is 0 Å². The highest BCUT2D eigenvalue weighted by Gasteiger charge is 2.17. The topological polar surface area (TPSA) is 74.3 Å². The van der Waals surface area contributed by atoms with Crippen molar-refractivity contribution >= 4 is 21.4 Å². The number of anilines is 2. The molecule has 1 saturated heterocycles. The van der Waals surface area contributed by atoms with Crippen molar-refractivity contribution in [2.75, 3.05) is 35.8 Å². The van der Waals surface area contributed by atoms with E-state index in [1.807, 2.05) is 6.07 Å². The van der Waals surface area contributed by atoms with Crippen LogP contribution in [0.2, 0.25) is 0 Å². The van der Waals surface area contributed by atoms with Gasteiger partial charge in [0.1, 0.15) is 0 Å². The van der Waals surface area contributed by atoms with Crippen molar-refractivity contribution in [3.8, 4) is 0 Å². The van der Waals surface area contributed by atoms with Gasteiger partial charge in [0, 0.05) is 31.9 Å². The fourth-order valence-corrected chi connectivity index (χ4v) is 3.34. The lowest BCUT2D eigenvalue weighted by Gasteiger charge is -2.29. The van der Waals surface area contributed by atoms with Gasteiger partial charge in [-0.3, -0.25) is 4.72 Å². The van der Waals surface area contributed by atoms with Gasteiger partial charge in [-0.1, -0.05) is 18.2 Å². The predicted octanol–water partition coefficient (Wildman–Crippen LogP) is 1.29. The summed E-state index contributed by atoms with van der Waals surface area (Å²) in [5, 5.41) is 3.30. The summed E-state index contributed by atoms with van der Waals surface area (Å²) in [5.74, 6) is 0. The van der Waals surface area contributed by atoms with Gasteiger partial charge >= 0.3 is 0 Å². The van der Waals surface area contributed by atoms with Crippen molar-refractivity contribution in [1.29, 1.82) is 0 Å². The molecule has 0 atom stereocenters. The Balaban J connectivity index is 1.76. The number of benzene rings is 1. The molecule has 1 aliphatic rings. The molecule has 0 spiro atoms. The highest BCUT2D eigenvalue weighted by atomic mass is 32.2. The lowest BCUT2D eigenvalue weighted by atomic mass is 10.3. The summed E-state index contributed by atoms with van der Waals surface area (Å²) < 4.78 is 27.1. The van der Waals surface area contributed by atoms with Crippen LogP contribution in [0.3, 0.4) is 0 Å². The average Bonchev–Trinajstić information content (AvgIpc) is 2.56. The Morgan fingerprint density at radius 1 is 1.05 bits per heavy atom. The second-order valence-electron chi connectivity index (χ2n) is 5.06. The van der Waals surface area contributed by atoms with Crippen LogP contribution in [0.15, 0.2) is 53.7 Å². The summed E-state index contributed by atoms with van der Waals surface area (Å²) in [5.41, 5.74) is 1.47. The average molecular weight is 318 g/mol. The first-order valence-electron chi connectivity index (χ1n) is 7.15. The van der Waals surface area contributed by atoms with E-state index in [1.54, 1.807) is 42.6 Å². The first-order chi connectivity index (χ1) is 10.6. The molecule has 0 saturated carbocycles. The fraction of sp³-hybridized carbons (Fsp3) is 0.267. The van der Waals surface area contributed by atoms with Gasteiger partial charge in [-0.25, -0.2) is 4.98 Å².